The molecular weight excluding hydrogens is 610 g/mol. The Balaban J connectivity index is 1.71. The van der Waals surface area contributed by atoms with Crippen molar-refractivity contribution in [3.8, 4) is 0 Å². The number of likely N-dealkylation sites (N-methyl/N-ethyl adjacent to an activating group) is 1. The molecule has 1 aliphatic carbocycles. The normalized spacial score (nSPS) is 21.2. The number of nitrogens with zero attached hydrogens (tertiary/aromatic N) is 2. The minimum atomic E-state index is -1.03. The highest BCUT2D eigenvalue weighted by Gasteiger charge is 2.46. The van der Waals surface area contributed by atoms with Crippen LogP contribution < -0.4 is 5.73 Å². The number of methoxy groups -OCH3 is 2. The van der Waals surface area contributed by atoms with E-state index in [-0.39, 0.29) is 72.5 Å². The van der Waals surface area contributed by atoms with Crippen LogP contribution in [0.25, 0.3) is 0 Å². The van der Waals surface area contributed by atoms with E-state index in [0.717, 1.165) is 24.8 Å². The van der Waals surface area contributed by atoms with E-state index in [1.54, 1.807) is 40.0 Å². The number of aliphatic hydroxyl groups is 1. The lowest BCUT2D eigenvalue weighted by atomic mass is 9.84. The van der Waals surface area contributed by atoms with Crippen LogP contribution in [0.1, 0.15) is 98.2 Å². The van der Waals surface area contributed by atoms with Gasteiger partial charge < -0.3 is 30.1 Å². The number of rotatable bonds is 19. The zero-order chi connectivity index (χ0) is 35.9. The molecule has 270 valence electrons. The molecule has 1 aliphatic heterocycles. The molecule has 2 aliphatic rings. The molecule has 48 heavy (non-hydrogen) atoms. The van der Waals surface area contributed by atoms with Gasteiger partial charge in [0.15, 0.2) is 5.78 Å². The number of hydrogen-bond acceptors (Lipinski definition) is 8. The van der Waals surface area contributed by atoms with Crippen LogP contribution in [-0.4, -0.2) is 95.9 Å². The van der Waals surface area contributed by atoms with Crippen LogP contribution in [0.15, 0.2) is 30.3 Å². The molecule has 0 bridgehead atoms. The third kappa shape index (κ3) is 9.96. The molecule has 0 radical (unpaired) electrons. The molecule has 2 amide bonds. The number of benzene rings is 1. The zero-order valence-electron chi connectivity index (χ0n) is 30.7. The summed E-state index contributed by atoms with van der Waals surface area (Å²) in [4.78, 5) is 57.8. The molecular formula is C38H61N3O7. The minimum Gasteiger partial charge on any atom is -0.388 e. The van der Waals surface area contributed by atoms with Gasteiger partial charge in [0.05, 0.1) is 42.4 Å². The predicted molar refractivity (Wildman–Crippen MR) is 186 cm³/mol. The predicted octanol–water partition coefficient (Wildman–Crippen LogP) is 4.57. The lowest BCUT2D eigenvalue weighted by molar-refractivity contribution is -0.148. The number of ether oxygens (including phenoxy) is 2. The van der Waals surface area contributed by atoms with Crippen molar-refractivity contribution >= 4 is 23.4 Å². The van der Waals surface area contributed by atoms with Crippen molar-refractivity contribution in [2.75, 3.05) is 27.8 Å². The Kier molecular flexibility index (Phi) is 14.4. The lowest BCUT2D eigenvalue weighted by Gasteiger charge is -2.38. The van der Waals surface area contributed by atoms with Crippen molar-refractivity contribution in [1.29, 1.82) is 0 Å². The number of ketones is 2. The Morgan fingerprint density at radius 1 is 0.979 bits per heavy atom. The molecule has 3 N–H and O–H groups in total. The van der Waals surface area contributed by atoms with Crippen LogP contribution in [0.2, 0.25) is 0 Å². The number of aliphatic hydroxyl groups excluding tert-OH is 1. The Hall–Kier alpha value is -2.66. The van der Waals surface area contributed by atoms with Gasteiger partial charge in [0.1, 0.15) is 5.78 Å². The summed E-state index contributed by atoms with van der Waals surface area (Å²) in [5, 5.41) is 10.8. The topological polar surface area (TPSA) is 139 Å². The van der Waals surface area contributed by atoms with E-state index in [1.807, 2.05) is 62.9 Å². The molecule has 10 heteroatoms. The standard InChI is InChI=1S/C38H61N3O7/c1-23(2)28(21-32(43)38(5,6)39)37(46)40(7)34(26-17-18-26)31(47-8)22-33(44)41-19-13-16-29(41)36(48-9)25(4)30(42)20-24(3)35(45)27-14-11-10-12-15-27/h10-12,14-15,23-26,28-29,31,34-36,45H,13,16-22,39H2,1-9H3/t24-,25-,28-,29-,31+,34-,35+,36+/m0/s1. The number of amides is 2. The SMILES string of the molecule is CO[C@H]([C@@H](C)C(=O)C[C@H](C)[C@@H](O)c1ccccc1)[C@@H]1CCCN1C(=O)C[C@@H](OC)[C@H](C1CC1)N(C)C(=O)[C@@H](CC(=O)C(C)(C)N)C(C)C. The van der Waals surface area contributed by atoms with Crippen molar-refractivity contribution in [2.24, 2.45) is 35.3 Å². The number of nitrogens with two attached hydrogens (primary N) is 1. The summed E-state index contributed by atoms with van der Waals surface area (Å²) in [6, 6.07) is 8.75. The Morgan fingerprint density at radius 3 is 2.12 bits per heavy atom. The van der Waals surface area contributed by atoms with Crippen molar-refractivity contribution in [3.05, 3.63) is 35.9 Å². The van der Waals surface area contributed by atoms with Gasteiger partial charge in [-0.2, -0.15) is 0 Å². The Bertz CT molecular complexity index is 1230. The fraction of sp³-hybridized carbons (Fsp3) is 0.737. The maximum Gasteiger partial charge on any atom is 0.226 e. The van der Waals surface area contributed by atoms with E-state index in [4.69, 9.17) is 15.2 Å². The fourth-order valence-corrected chi connectivity index (χ4v) is 7.33. The molecule has 10 nitrogen and oxygen atoms in total. The Labute approximate surface area is 288 Å². The maximum atomic E-state index is 14.0. The van der Waals surface area contributed by atoms with Gasteiger partial charge in [-0.1, -0.05) is 58.0 Å². The maximum absolute atomic E-state index is 14.0. The first-order chi connectivity index (χ1) is 22.5. The zero-order valence-corrected chi connectivity index (χ0v) is 30.7. The second-order valence-electron chi connectivity index (χ2n) is 15.2. The molecule has 1 saturated heterocycles. The van der Waals surface area contributed by atoms with Gasteiger partial charge in [0.25, 0.3) is 0 Å². The number of hydrogen-bond donors (Lipinski definition) is 2. The van der Waals surface area contributed by atoms with Crippen molar-refractivity contribution in [3.63, 3.8) is 0 Å². The van der Waals surface area contributed by atoms with Gasteiger partial charge in [-0.05, 0) is 62.8 Å². The molecule has 3 rings (SSSR count). The quantitative estimate of drug-likeness (QED) is 0.218. The summed E-state index contributed by atoms with van der Waals surface area (Å²) < 4.78 is 11.9. The van der Waals surface area contributed by atoms with Crippen LogP contribution >= 0.6 is 0 Å². The lowest BCUT2D eigenvalue weighted by Crippen LogP contribution is -2.53. The van der Waals surface area contributed by atoms with Crippen LogP contribution in [0.5, 0.6) is 0 Å². The molecule has 1 aromatic rings. The Morgan fingerprint density at radius 2 is 1.60 bits per heavy atom. The summed E-state index contributed by atoms with van der Waals surface area (Å²) in [5.41, 5.74) is 5.81. The highest BCUT2D eigenvalue weighted by molar-refractivity contribution is 5.92. The third-order valence-corrected chi connectivity index (χ3v) is 10.7. The van der Waals surface area contributed by atoms with E-state index in [1.165, 1.54) is 0 Å². The molecule has 0 aromatic heterocycles. The van der Waals surface area contributed by atoms with Crippen molar-refractivity contribution in [2.45, 2.75) is 122 Å². The first kappa shape index (κ1) is 39.8. The molecule has 1 aromatic carbocycles. The van der Waals surface area contributed by atoms with Crippen LogP contribution in [-0.2, 0) is 28.7 Å². The average Bonchev–Trinajstić information content (AvgIpc) is 3.77. The van der Waals surface area contributed by atoms with Gasteiger partial charge in [-0.3, -0.25) is 19.2 Å². The molecule has 0 spiro atoms. The van der Waals surface area contributed by atoms with E-state index in [0.29, 0.717) is 13.0 Å². The van der Waals surface area contributed by atoms with E-state index >= 15 is 0 Å². The molecule has 1 heterocycles. The molecule has 1 saturated carbocycles. The van der Waals surface area contributed by atoms with Crippen LogP contribution in [0, 0.1) is 29.6 Å². The summed E-state index contributed by atoms with van der Waals surface area (Å²) >= 11 is 0. The second-order valence-corrected chi connectivity index (χ2v) is 15.2. The highest BCUT2D eigenvalue weighted by Crippen LogP contribution is 2.40. The van der Waals surface area contributed by atoms with Crippen LogP contribution in [0.3, 0.4) is 0 Å². The minimum absolute atomic E-state index is 0.0106. The highest BCUT2D eigenvalue weighted by atomic mass is 16.5. The summed E-state index contributed by atoms with van der Waals surface area (Å²) in [6.07, 6.45) is 1.95. The van der Waals surface area contributed by atoms with Gasteiger partial charge >= 0.3 is 0 Å². The number of likely N-dealkylation sites (tertiary alicyclic amines) is 1. The van der Waals surface area contributed by atoms with Crippen molar-refractivity contribution < 1.29 is 33.8 Å². The smallest absolute Gasteiger partial charge is 0.226 e. The van der Waals surface area contributed by atoms with Gasteiger partial charge in [0.2, 0.25) is 11.8 Å². The third-order valence-electron chi connectivity index (χ3n) is 10.7. The molecule has 0 unspecified atom stereocenters. The van der Waals surface area contributed by atoms with E-state index in [2.05, 4.69) is 0 Å². The number of carbonyl (C=O) groups is 4. The largest absolute Gasteiger partial charge is 0.388 e. The number of Topliss-reactive ketones (excluding diaryl/α,β-unsaturated/α-hetero) is 2. The summed E-state index contributed by atoms with van der Waals surface area (Å²) in [7, 11) is 4.93. The monoisotopic (exact) mass is 671 g/mol. The van der Waals surface area contributed by atoms with Gasteiger partial charge in [-0.15, -0.1) is 0 Å². The molecule has 8 atom stereocenters. The fourth-order valence-electron chi connectivity index (χ4n) is 7.33. The molecule has 2 fully saturated rings. The first-order valence-electron chi connectivity index (χ1n) is 17.7. The van der Waals surface area contributed by atoms with Crippen molar-refractivity contribution in [1.82, 2.24) is 9.80 Å². The average molecular weight is 672 g/mol. The summed E-state index contributed by atoms with van der Waals surface area (Å²) in [5.74, 6) is -1.54. The van der Waals surface area contributed by atoms with Gasteiger partial charge in [-0.25, -0.2) is 0 Å². The van der Waals surface area contributed by atoms with Crippen LogP contribution in [0.4, 0.5) is 0 Å². The van der Waals surface area contributed by atoms with E-state index in [9.17, 15) is 24.3 Å². The summed E-state index contributed by atoms with van der Waals surface area (Å²) in [6.45, 7) is 11.5. The van der Waals surface area contributed by atoms with Gasteiger partial charge in [0, 0.05) is 52.5 Å². The second kappa shape index (κ2) is 17.3. The number of carbonyl (C=O) groups excluding carboxylic acids is 4. The first-order valence-corrected chi connectivity index (χ1v) is 17.7. The van der Waals surface area contributed by atoms with E-state index < -0.39 is 35.7 Å².